The fraction of sp³-hybridized carbons (Fsp3) is 0.926. The molecule has 0 aromatic heterocycles. The van der Waals surface area contributed by atoms with Crippen LogP contribution in [0.2, 0.25) is 0 Å². The molecule has 31 heavy (non-hydrogen) atoms. The number of esters is 2. The molecular formula is C27H52O4. The van der Waals surface area contributed by atoms with Crippen LogP contribution in [0.3, 0.4) is 0 Å². The Labute approximate surface area is 193 Å². The van der Waals surface area contributed by atoms with E-state index in [2.05, 4.69) is 6.92 Å². The Morgan fingerprint density at radius 1 is 0.581 bits per heavy atom. The summed E-state index contributed by atoms with van der Waals surface area (Å²) in [5.74, 6) is -0.251. The molecule has 0 saturated carbocycles. The van der Waals surface area contributed by atoms with Gasteiger partial charge in [-0.15, -0.1) is 0 Å². The lowest BCUT2D eigenvalue weighted by Crippen LogP contribution is -2.18. The molecule has 4 heteroatoms. The summed E-state index contributed by atoms with van der Waals surface area (Å²) in [6.45, 7) is 6.53. The van der Waals surface area contributed by atoms with Crippen molar-refractivity contribution >= 4 is 11.9 Å². The van der Waals surface area contributed by atoms with Crippen molar-refractivity contribution in [2.75, 3.05) is 6.61 Å². The van der Waals surface area contributed by atoms with Gasteiger partial charge in [-0.05, 0) is 32.6 Å². The van der Waals surface area contributed by atoms with Gasteiger partial charge in [-0.2, -0.15) is 0 Å². The summed E-state index contributed by atoms with van der Waals surface area (Å²) in [7, 11) is 0. The van der Waals surface area contributed by atoms with Gasteiger partial charge in [0.2, 0.25) is 0 Å². The SMILES string of the molecule is CCCCCCCCCCCCCCCCCC(=O)OC(CC)CCCC(=O)OCC. The van der Waals surface area contributed by atoms with Crippen LogP contribution in [0.15, 0.2) is 0 Å². The fourth-order valence-corrected chi connectivity index (χ4v) is 3.94. The third kappa shape index (κ3) is 21.9. The highest BCUT2D eigenvalue weighted by Gasteiger charge is 2.13. The highest BCUT2D eigenvalue weighted by molar-refractivity contribution is 5.70. The van der Waals surface area contributed by atoms with Gasteiger partial charge in [0.15, 0.2) is 0 Å². The highest BCUT2D eigenvalue weighted by Crippen LogP contribution is 2.15. The van der Waals surface area contributed by atoms with Gasteiger partial charge in [-0.25, -0.2) is 0 Å². The van der Waals surface area contributed by atoms with E-state index in [-0.39, 0.29) is 18.0 Å². The topological polar surface area (TPSA) is 52.6 Å². The molecule has 4 nitrogen and oxygen atoms in total. The molecule has 1 unspecified atom stereocenters. The van der Waals surface area contributed by atoms with E-state index < -0.39 is 0 Å². The van der Waals surface area contributed by atoms with Gasteiger partial charge < -0.3 is 9.47 Å². The van der Waals surface area contributed by atoms with Crippen molar-refractivity contribution in [3.63, 3.8) is 0 Å². The van der Waals surface area contributed by atoms with Gasteiger partial charge in [-0.3, -0.25) is 9.59 Å². The molecule has 0 rings (SSSR count). The second kappa shape index (κ2) is 23.6. The van der Waals surface area contributed by atoms with E-state index in [0.717, 1.165) is 25.7 Å². The summed E-state index contributed by atoms with van der Waals surface area (Å²) in [5, 5.41) is 0. The Morgan fingerprint density at radius 3 is 1.48 bits per heavy atom. The first-order valence-corrected chi connectivity index (χ1v) is 13.5. The average molecular weight is 441 g/mol. The molecule has 0 aromatic rings. The quantitative estimate of drug-likeness (QED) is 0.118. The van der Waals surface area contributed by atoms with E-state index in [1.165, 1.54) is 83.5 Å². The molecule has 0 spiro atoms. The van der Waals surface area contributed by atoms with Crippen molar-refractivity contribution in [3.8, 4) is 0 Å². The van der Waals surface area contributed by atoms with Crippen LogP contribution in [0.5, 0.6) is 0 Å². The molecule has 0 aliphatic heterocycles. The first kappa shape index (κ1) is 29.9. The summed E-state index contributed by atoms with van der Waals surface area (Å²) in [6.07, 6.45) is 23.0. The standard InChI is InChI=1S/C27H52O4/c1-4-7-8-9-10-11-12-13-14-15-16-17-18-19-20-23-27(29)31-25(5-2)22-21-24-26(28)30-6-3/h25H,4-24H2,1-3H3. The molecular weight excluding hydrogens is 388 g/mol. The van der Waals surface area contributed by atoms with Crippen LogP contribution in [-0.2, 0) is 19.1 Å². The number of hydrogen-bond acceptors (Lipinski definition) is 4. The minimum Gasteiger partial charge on any atom is -0.466 e. The maximum absolute atomic E-state index is 12.0. The molecule has 0 heterocycles. The maximum Gasteiger partial charge on any atom is 0.306 e. The Bertz CT molecular complexity index is 408. The Balaban J connectivity index is 3.43. The molecule has 0 amide bonds. The van der Waals surface area contributed by atoms with E-state index >= 15 is 0 Å². The normalized spacial score (nSPS) is 12.0. The second-order valence-electron chi connectivity index (χ2n) is 8.92. The van der Waals surface area contributed by atoms with E-state index in [9.17, 15) is 9.59 Å². The van der Waals surface area contributed by atoms with E-state index in [0.29, 0.717) is 25.9 Å². The molecule has 1 atom stereocenters. The molecule has 184 valence electrons. The first-order chi connectivity index (χ1) is 15.1. The third-order valence-corrected chi connectivity index (χ3v) is 5.95. The average Bonchev–Trinajstić information content (AvgIpc) is 2.75. The molecule has 0 aromatic carbocycles. The third-order valence-electron chi connectivity index (χ3n) is 5.95. The smallest absolute Gasteiger partial charge is 0.306 e. The minimum absolute atomic E-state index is 0.0710. The van der Waals surface area contributed by atoms with Crippen molar-refractivity contribution in [2.45, 2.75) is 155 Å². The Morgan fingerprint density at radius 2 is 1.03 bits per heavy atom. The Kier molecular flexibility index (Phi) is 22.8. The summed E-state index contributed by atoms with van der Waals surface area (Å²) in [6, 6.07) is 0. The largest absolute Gasteiger partial charge is 0.466 e. The lowest BCUT2D eigenvalue weighted by atomic mass is 10.0. The summed E-state index contributed by atoms with van der Waals surface area (Å²) >= 11 is 0. The number of hydrogen-bond donors (Lipinski definition) is 0. The van der Waals surface area contributed by atoms with Gasteiger partial charge in [-0.1, -0.05) is 104 Å². The molecule has 0 fully saturated rings. The van der Waals surface area contributed by atoms with Crippen molar-refractivity contribution < 1.29 is 19.1 Å². The molecule has 0 aliphatic carbocycles. The van der Waals surface area contributed by atoms with Gasteiger partial charge >= 0.3 is 11.9 Å². The second-order valence-corrected chi connectivity index (χ2v) is 8.92. The van der Waals surface area contributed by atoms with Crippen LogP contribution in [0.1, 0.15) is 149 Å². The van der Waals surface area contributed by atoms with E-state index in [1.54, 1.807) is 0 Å². The lowest BCUT2D eigenvalue weighted by molar-refractivity contribution is -0.149. The fourth-order valence-electron chi connectivity index (χ4n) is 3.94. The van der Waals surface area contributed by atoms with E-state index in [1.807, 2.05) is 13.8 Å². The molecule has 0 saturated heterocycles. The number of ether oxygens (including phenoxy) is 2. The lowest BCUT2D eigenvalue weighted by Gasteiger charge is -2.16. The van der Waals surface area contributed by atoms with Gasteiger partial charge in [0.05, 0.1) is 6.61 Å². The number of carbonyl (C=O) groups is 2. The van der Waals surface area contributed by atoms with Crippen molar-refractivity contribution in [3.05, 3.63) is 0 Å². The predicted molar refractivity (Wildman–Crippen MR) is 130 cm³/mol. The Hall–Kier alpha value is -1.06. The van der Waals surface area contributed by atoms with Crippen molar-refractivity contribution in [2.24, 2.45) is 0 Å². The zero-order valence-corrected chi connectivity index (χ0v) is 21.1. The van der Waals surface area contributed by atoms with Gasteiger partial charge in [0.25, 0.3) is 0 Å². The van der Waals surface area contributed by atoms with Crippen LogP contribution in [0.25, 0.3) is 0 Å². The molecule has 0 radical (unpaired) electrons. The van der Waals surface area contributed by atoms with Crippen molar-refractivity contribution in [1.82, 2.24) is 0 Å². The number of carbonyl (C=O) groups excluding carboxylic acids is 2. The zero-order valence-electron chi connectivity index (χ0n) is 21.1. The van der Waals surface area contributed by atoms with Crippen LogP contribution >= 0.6 is 0 Å². The molecule has 0 aliphatic rings. The van der Waals surface area contributed by atoms with Crippen LogP contribution in [-0.4, -0.2) is 24.6 Å². The zero-order chi connectivity index (χ0) is 23.0. The van der Waals surface area contributed by atoms with Gasteiger partial charge in [0.1, 0.15) is 6.10 Å². The van der Waals surface area contributed by atoms with Crippen LogP contribution in [0, 0.1) is 0 Å². The van der Waals surface area contributed by atoms with E-state index in [4.69, 9.17) is 9.47 Å². The van der Waals surface area contributed by atoms with Crippen LogP contribution < -0.4 is 0 Å². The number of unbranched alkanes of at least 4 members (excludes halogenated alkanes) is 14. The number of rotatable bonds is 23. The summed E-state index contributed by atoms with van der Waals surface area (Å²) < 4.78 is 10.5. The minimum atomic E-state index is -0.165. The first-order valence-electron chi connectivity index (χ1n) is 13.5. The van der Waals surface area contributed by atoms with Gasteiger partial charge in [0, 0.05) is 12.8 Å². The summed E-state index contributed by atoms with van der Waals surface area (Å²) in [5.41, 5.74) is 0. The molecule has 0 N–H and O–H groups in total. The molecule has 0 bridgehead atoms. The monoisotopic (exact) mass is 440 g/mol. The predicted octanol–water partition coefficient (Wildman–Crippen LogP) is 8.30. The van der Waals surface area contributed by atoms with Crippen LogP contribution in [0.4, 0.5) is 0 Å². The highest BCUT2D eigenvalue weighted by atomic mass is 16.5. The maximum atomic E-state index is 12.0. The summed E-state index contributed by atoms with van der Waals surface area (Å²) in [4.78, 5) is 23.4. The van der Waals surface area contributed by atoms with Crippen molar-refractivity contribution in [1.29, 1.82) is 0 Å².